The smallest absolute Gasteiger partial charge is 0.191 e. The van der Waals surface area contributed by atoms with Crippen LogP contribution in [0.2, 0.25) is 0 Å². The van der Waals surface area contributed by atoms with E-state index in [-0.39, 0.29) is 0 Å². The second-order valence-corrected chi connectivity index (χ2v) is 6.79. The molecule has 2 rings (SSSR count). The molecule has 0 atom stereocenters. The van der Waals surface area contributed by atoms with Gasteiger partial charge in [0, 0.05) is 38.3 Å². The first-order valence-electron chi connectivity index (χ1n) is 9.65. The number of rotatable bonds is 10. The SMILES string of the molecule is CCNC(=NCc1ccc(-n2ccnc2C)nc1)NCCOCCC(C)C. The summed E-state index contributed by atoms with van der Waals surface area (Å²) < 4.78 is 7.59. The highest BCUT2D eigenvalue weighted by molar-refractivity contribution is 5.79. The number of aryl methyl sites for hydroxylation is 1. The van der Waals surface area contributed by atoms with Crippen LogP contribution in [0.15, 0.2) is 35.7 Å². The van der Waals surface area contributed by atoms with Gasteiger partial charge in [-0.25, -0.2) is 15.0 Å². The standard InChI is InChI=1S/C20H32N6O/c1-5-21-20(23-10-13-27-12-8-16(2)3)25-15-18-6-7-19(24-14-18)26-11-9-22-17(26)4/h6-7,9,11,14,16H,5,8,10,12-13,15H2,1-4H3,(H2,21,23,25). The van der Waals surface area contributed by atoms with Crippen molar-refractivity contribution in [2.75, 3.05) is 26.3 Å². The zero-order valence-electron chi connectivity index (χ0n) is 16.9. The van der Waals surface area contributed by atoms with E-state index < -0.39 is 0 Å². The minimum Gasteiger partial charge on any atom is -0.380 e. The number of ether oxygens (including phenoxy) is 1. The lowest BCUT2D eigenvalue weighted by molar-refractivity contribution is 0.128. The van der Waals surface area contributed by atoms with E-state index in [1.54, 1.807) is 6.20 Å². The summed E-state index contributed by atoms with van der Waals surface area (Å²) in [4.78, 5) is 13.4. The molecule has 148 valence electrons. The second-order valence-electron chi connectivity index (χ2n) is 6.79. The van der Waals surface area contributed by atoms with Crippen molar-refractivity contribution in [1.29, 1.82) is 0 Å². The van der Waals surface area contributed by atoms with Crippen LogP contribution in [-0.2, 0) is 11.3 Å². The third-order valence-electron chi connectivity index (χ3n) is 4.02. The molecule has 0 saturated carbocycles. The quantitative estimate of drug-likeness (QED) is 0.381. The van der Waals surface area contributed by atoms with E-state index in [1.807, 2.05) is 36.0 Å². The normalized spacial score (nSPS) is 11.8. The summed E-state index contributed by atoms with van der Waals surface area (Å²) in [5.41, 5.74) is 1.06. The van der Waals surface area contributed by atoms with Gasteiger partial charge < -0.3 is 15.4 Å². The van der Waals surface area contributed by atoms with Crippen molar-refractivity contribution < 1.29 is 4.74 Å². The number of aromatic nitrogens is 3. The van der Waals surface area contributed by atoms with Crippen molar-refractivity contribution in [2.45, 2.75) is 40.7 Å². The highest BCUT2D eigenvalue weighted by atomic mass is 16.5. The fraction of sp³-hybridized carbons (Fsp3) is 0.550. The molecule has 27 heavy (non-hydrogen) atoms. The molecule has 0 unspecified atom stereocenters. The lowest BCUT2D eigenvalue weighted by Gasteiger charge is -2.12. The summed E-state index contributed by atoms with van der Waals surface area (Å²) in [6, 6.07) is 4.03. The van der Waals surface area contributed by atoms with Gasteiger partial charge in [-0.15, -0.1) is 0 Å². The Labute approximate surface area is 162 Å². The van der Waals surface area contributed by atoms with Crippen LogP contribution in [-0.4, -0.2) is 46.8 Å². The van der Waals surface area contributed by atoms with Crippen LogP contribution in [0.25, 0.3) is 5.82 Å². The molecule has 2 N–H and O–H groups in total. The summed E-state index contributed by atoms with van der Waals surface area (Å²) in [5.74, 6) is 3.25. The average Bonchev–Trinajstić information content (AvgIpc) is 3.08. The zero-order chi connectivity index (χ0) is 19.5. The number of hydrogen-bond acceptors (Lipinski definition) is 4. The van der Waals surface area contributed by atoms with E-state index in [4.69, 9.17) is 4.74 Å². The Bertz CT molecular complexity index is 693. The van der Waals surface area contributed by atoms with Gasteiger partial charge in [0.1, 0.15) is 11.6 Å². The third kappa shape index (κ3) is 7.38. The van der Waals surface area contributed by atoms with Gasteiger partial charge in [-0.1, -0.05) is 19.9 Å². The third-order valence-corrected chi connectivity index (χ3v) is 4.02. The maximum atomic E-state index is 5.63. The van der Waals surface area contributed by atoms with E-state index in [0.717, 1.165) is 49.3 Å². The Hall–Kier alpha value is -2.41. The molecule has 2 aromatic rings. The molecule has 2 aromatic heterocycles. The molecule has 7 heteroatoms. The van der Waals surface area contributed by atoms with E-state index in [1.165, 1.54) is 0 Å². The van der Waals surface area contributed by atoms with Crippen molar-refractivity contribution in [3.63, 3.8) is 0 Å². The van der Waals surface area contributed by atoms with Crippen molar-refractivity contribution in [1.82, 2.24) is 25.2 Å². The monoisotopic (exact) mass is 372 g/mol. The van der Waals surface area contributed by atoms with Gasteiger partial charge in [0.2, 0.25) is 0 Å². The van der Waals surface area contributed by atoms with E-state index >= 15 is 0 Å². The van der Waals surface area contributed by atoms with Gasteiger partial charge in [0.15, 0.2) is 5.96 Å². The summed E-state index contributed by atoms with van der Waals surface area (Å²) in [7, 11) is 0. The van der Waals surface area contributed by atoms with Crippen LogP contribution < -0.4 is 10.6 Å². The predicted molar refractivity (Wildman–Crippen MR) is 109 cm³/mol. The van der Waals surface area contributed by atoms with Crippen LogP contribution in [0.1, 0.15) is 38.6 Å². The lowest BCUT2D eigenvalue weighted by Crippen LogP contribution is -2.39. The molecular weight excluding hydrogens is 340 g/mol. The Morgan fingerprint density at radius 2 is 2.07 bits per heavy atom. The number of hydrogen-bond donors (Lipinski definition) is 2. The number of aliphatic imine (C=N–C) groups is 1. The molecule has 0 amide bonds. The number of guanidine groups is 1. The summed E-state index contributed by atoms with van der Waals surface area (Å²) in [5, 5.41) is 6.56. The van der Waals surface area contributed by atoms with Crippen LogP contribution >= 0.6 is 0 Å². The Balaban J connectivity index is 1.82. The van der Waals surface area contributed by atoms with Gasteiger partial charge in [-0.2, -0.15) is 0 Å². The largest absolute Gasteiger partial charge is 0.380 e. The van der Waals surface area contributed by atoms with E-state index in [2.05, 4.69) is 46.4 Å². The molecule has 0 aliphatic carbocycles. The molecule has 7 nitrogen and oxygen atoms in total. The topological polar surface area (TPSA) is 76.4 Å². The first-order chi connectivity index (χ1) is 13.1. The number of nitrogens with one attached hydrogen (secondary N) is 2. The predicted octanol–water partition coefficient (Wildman–Crippen LogP) is 2.69. The molecule has 0 aromatic carbocycles. The molecule has 0 bridgehead atoms. The van der Waals surface area contributed by atoms with E-state index in [9.17, 15) is 0 Å². The van der Waals surface area contributed by atoms with Crippen LogP contribution in [0.3, 0.4) is 0 Å². The van der Waals surface area contributed by atoms with Crippen LogP contribution in [0.5, 0.6) is 0 Å². The van der Waals surface area contributed by atoms with Gasteiger partial charge in [0.25, 0.3) is 0 Å². The number of pyridine rings is 1. The van der Waals surface area contributed by atoms with Gasteiger partial charge in [-0.3, -0.25) is 4.57 Å². The van der Waals surface area contributed by atoms with Gasteiger partial charge >= 0.3 is 0 Å². The molecule has 0 spiro atoms. The molecule has 0 radical (unpaired) electrons. The maximum Gasteiger partial charge on any atom is 0.191 e. The number of imidazole rings is 1. The lowest BCUT2D eigenvalue weighted by atomic mass is 10.1. The number of nitrogens with zero attached hydrogens (tertiary/aromatic N) is 4. The highest BCUT2D eigenvalue weighted by Gasteiger charge is 2.02. The zero-order valence-corrected chi connectivity index (χ0v) is 16.9. The van der Waals surface area contributed by atoms with E-state index in [0.29, 0.717) is 19.1 Å². The fourth-order valence-electron chi connectivity index (χ4n) is 2.45. The first kappa shape index (κ1) is 20.9. The van der Waals surface area contributed by atoms with Crippen molar-refractivity contribution in [2.24, 2.45) is 10.9 Å². The summed E-state index contributed by atoms with van der Waals surface area (Å²) >= 11 is 0. The maximum absolute atomic E-state index is 5.63. The van der Waals surface area contributed by atoms with Crippen molar-refractivity contribution in [3.05, 3.63) is 42.1 Å². The second kappa shape index (κ2) is 11.3. The summed E-state index contributed by atoms with van der Waals surface area (Å²) in [6.45, 7) is 12.0. The minimum absolute atomic E-state index is 0.569. The van der Waals surface area contributed by atoms with Gasteiger partial charge in [-0.05, 0) is 37.8 Å². The molecule has 0 saturated heterocycles. The fourth-order valence-corrected chi connectivity index (χ4v) is 2.45. The Morgan fingerprint density at radius 3 is 2.70 bits per heavy atom. The average molecular weight is 373 g/mol. The highest BCUT2D eigenvalue weighted by Crippen LogP contribution is 2.09. The van der Waals surface area contributed by atoms with Crippen molar-refractivity contribution in [3.8, 4) is 5.82 Å². The molecule has 0 aliphatic heterocycles. The minimum atomic E-state index is 0.569. The Morgan fingerprint density at radius 1 is 1.22 bits per heavy atom. The van der Waals surface area contributed by atoms with Crippen LogP contribution in [0, 0.1) is 12.8 Å². The summed E-state index contributed by atoms with van der Waals surface area (Å²) in [6.07, 6.45) is 6.63. The Kier molecular flexibility index (Phi) is 8.77. The van der Waals surface area contributed by atoms with Gasteiger partial charge in [0.05, 0.1) is 13.2 Å². The first-order valence-corrected chi connectivity index (χ1v) is 9.65. The molecule has 2 heterocycles. The molecular formula is C20H32N6O. The molecule has 0 aliphatic rings. The van der Waals surface area contributed by atoms with Crippen molar-refractivity contribution >= 4 is 5.96 Å². The van der Waals surface area contributed by atoms with Crippen LogP contribution in [0.4, 0.5) is 0 Å². The molecule has 0 fully saturated rings.